The van der Waals surface area contributed by atoms with Gasteiger partial charge in [0.2, 0.25) is 0 Å². The van der Waals surface area contributed by atoms with E-state index >= 15 is 0 Å². The number of ketones is 1. The number of allylic oxidation sites excluding steroid dienone is 1. The highest BCUT2D eigenvalue weighted by Gasteiger charge is 2.14. The van der Waals surface area contributed by atoms with E-state index in [-0.39, 0.29) is 0 Å². The molecule has 0 bridgehead atoms. The number of carbonyl (C=O) groups is 1. The lowest BCUT2D eigenvalue weighted by Gasteiger charge is -2.22. The van der Waals surface area contributed by atoms with Gasteiger partial charge >= 0.3 is 0 Å². The van der Waals surface area contributed by atoms with Crippen LogP contribution in [-0.4, -0.2) is 5.78 Å². The Morgan fingerprint density at radius 3 is 2.44 bits per heavy atom. The molecule has 0 aromatic heterocycles. The van der Waals surface area contributed by atoms with Crippen molar-refractivity contribution in [3.8, 4) is 0 Å². The van der Waals surface area contributed by atoms with Crippen LogP contribution in [0, 0.1) is 5.92 Å². The maximum atomic E-state index is 11.7. The third kappa shape index (κ3) is 6.98. The number of rotatable bonds is 9. The van der Waals surface area contributed by atoms with Crippen LogP contribution in [-0.2, 0) is 4.79 Å². The minimum absolute atomic E-state index is 0.438. The second kappa shape index (κ2) is 9.35. The van der Waals surface area contributed by atoms with E-state index in [1.54, 1.807) is 0 Å². The van der Waals surface area contributed by atoms with E-state index in [0.29, 0.717) is 5.78 Å². The second-order valence-corrected chi connectivity index (χ2v) is 5.95. The Bertz CT molecular complexity index is 248. The van der Waals surface area contributed by atoms with Gasteiger partial charge in [-0.25, -0.2) is 0 Å². The predicted octanol–water partition coefficient (Wildman–Crippen LogP) is 5.44. The predicted molar refractivity (Wildman–Crippen MR) is 78.7 cm³/mol. The van der Waals surface area contributed by atoms with Crippen molar-refractivity contribution in [1.82, 2.24) is 0 Å². The van der Waals surface area contributed by atoms with E-state index in [1.165, 1.54) is 56.9 Å². The van der Waals surface area contributed by atoms with Crippen LogP contribution in [0.1, 0.15) is 84.0 Å². The van der Waals surface area contributed by atoms with Crippen LogP contribution in [0.2, 0.25) is 0 Å². The fraction of sp³-hybridized carbons (Fsp3) is 0.824. The van der Waals surface area contributed by atoms with Crippen molar-refractivity contribution in [2.45, 2.75) is 84.0 Å². The quantitative estimate of drug-likeness (QED) is 0.393. The van der Waals surface area contributed by atoms with Gasteiger partial charge in [0.1, 0.15) is 5.78 Å². The van der Waals surface area contributed by atoms with Gasteiger partial charge in [-0.2, -0.15) is 0 Å². The minimum atomic E-state index is 0.438. The largest absolute Gasteiger partial charge is 0.300 e. The van der Waals surface area contributed by atoms with E-state index in [9.17, 15) is 4.79 Å². The standard InChI is InChI=1S/C17H30O/c1-3-4-6-11-17(18)13-12-15(2)14-16-9-7-5-8-10-16/h16H,2-14H2,1H3. The lowest BCUT2D eigenvalue weighted by Crippen LogP contribution is -2.07. The zero-order valence-corrected chi connectivity index (χ0v) is 12.2. The molecule has 18 heavy (non-hydrogen) atoms. The number of hydrogen-bond donors (Lipinski definition) is 0. The van der Waals surface area contributed by atoms with E-state index in [4.69, 9.17) is 0 Å². The summed E-state index contributed by atoms with van der Waals surface area (Å²) in [6, 6.07) is 0. The molecule has 1 fully saturated rings. The van der Waals surface area contributed by atoms with E-state index in [0.717, 1.165) is 31.6 Å². The first-order valence-corrected chi connectivity index (χ1v) is 7.90. The summed E-state index contributed by atoms with van der Waals surface area (Å²) in [4.78, 5) is 11.7. The minimum Gasteiger partial charge on any atom is -0.300 e. The molecule has 1 aliphatic carbocycles. The summed E-state index contributed by atoms with van der Waals surface area (Å²) in [6.45, 7) is 6.34. The van der Waals surface area contributed by atoms with Crippen LogP contribution in [0.15, 0.2) is 12.2 Å². The summed E-state index contributed by atoms with van der Waals surface area (Å²) >= 11 is 0. The van der Waals surface area contributed by atoms with E-state index in [2.05, 4.69) is 13.5 Å². The number of hydrogen-bond acceptors (Lipinski definition) is 1. The highest BCUT2D eigenvalue weighted by Crippen LogP contribution is 2.29. The molecule has 1 aliphatic rings. The smallest absolute Gasteiger partial charge is 0.133 e. The number of Topliss-reactive ketones (excluding diaryl/α,β-unsaturated/α-hetero) is 1. The Kier molecular flexibility index (Phi) is 8.04. The van der Waals surface area contributed by atoms with Gasteiger partial charge < -0.3 is 0 Å². The molecule has 0 heterocycles. The molecule has 0 radical (unpaired) electrons. The highest BCUT2D eigenvalue weighted by atomic mass is 16.1. The zero-order valence-electron chi connectivity index (χ0n) is 12.2. The van der Waals surface area contributed by atoms with Crippen LogP contribution in [0.3, 0.4) is 0 Å². The molecule has 0 aliphatic heterocycles. The molecule has 0 spiro atoms. The second-order valence-electron chi connectivity index (χ2n) is 5.95. The Morgan fingerprint density at radius 1 is 1.06 bits per heavy atom. The normalized spacial score (nSPS) is 16.7. The lowest BCUT2D eigenvalue weighted by molar-refractivity contribution is -0.119. The first-order chi connectivity index (χ1) is 8.72. The Balaban J connectivity index is 2.06. The van der Waals surface area contributed by atoms with E-state index < -0.39 is 0 Å². The van der Waals surface area contributed by atoms with E-state index in [1.807, 2.05) is 0 Å². The average Bonchev–Trinajstić information content (AvgIpc) is 2.38. The summed E-state index contributed by atoms with van der Waals surface area (Å²) in [5.74, 6) is 1.30. The summed E-state index contributed by atoms with van der Waals surface area (Å²) in [5, 5.41) is 0. The van der Waals surface area contributed by atoms with Crippen molar-refractivity contribution in [3.63, 3.8) is 0 Å². The molecular formula is C17H30O. The van der Waals surface area contributed by atoms with Crippen molar-refractivity contribution < 1.29 is 4.79 Å². The Morgan fingerprint density at radius 2 is 1.78 bits per heavy atom. The van der Waals surface area contributed by atoms with Crippen LogP contribution >= 0.6 is 0 Å². The summed E-state index contributed by atoms with van der Waals surface area (Å²) in [7, 11) is 0. The third-order valence-electron chi connectivity index (χ3n) is 4.12. The van der Waals surface area contributed by atoms with Gasteiger partial charge in [0.25, 0.3) is 0 Å². The highest BCUT2D eigenvalue weighted by molar-refractivity contribution is 5.78. The molecule has 1 rings (SSSR count). The number of carbonyl (C=O) groups excluding carboxylic acids is 1. The van der Waals surface area contributed by atoms with Gasteiger partial charge in [-0.15, -0.1) is 0 Å². The van der Waals surface area contributed by atoms with Crippen molar-refractivity contribution in [3.05, 3.63) is 12.2 Å². The van der Waals surface area contributed by atoms with Crippen LogP contribution in [0.25, 0.3) is 0 Å². The molecule has 0 aromatic rings. The molecule has 0 N–H and O–H groups in total. The average molecular weight is 250 g/mol. The SMILES string of the molecule is C=C(CCC(=O)CCCCC)CC1CCCCC1. The molecule has 0 saturated heterocycles. The molecular weight excluding hydrogens is 220 g/mol. The molecule has 0 amide bonds. The third-order valence-corrected chi connectivity index (χ3v) is 4.12. The zero-order chi connectivity index (χ0) is 13.2. The van der Waals surface area contributed by atoms with Crippen LogP contribution in [0.4, 0.5) is 0 Å². The molecule has 0 aromatic carbocycles. The first kappa shape index (κ1) is 15.5. The summed E-state index contributed by atoms with van der Waals surface area (Å²) < 4.78 is 0. The Labute approximate surface area is 113 Å². The summed E-state index contributed by atoms with van der Waals surface area (Å²) in [5.41, 5.74) is 1.31. The van der Waals surface area contributed by atoms with Crippen LogP contribution in [0.5, 0.6) is 0 Å². The monoisotopic (exact) mass is 250 g/mol. The van der Waals surface area contributed by atoms with Crippen molar-refractivity contribution in [1.29, 1.82) is 0 Å². The maximum Gasteiger partial charge on any atom is 0.133 e. The van der Waals surface area contributed by atoms with Crippen LogP contribution < -0.4 is 0 Å². The van der Waals surface area contributed by atoms with Crippen molar-refractivity contribution in [2.75, 3.05) is 0 Å². The molecule has 0 atom stereocenters. The van der Waals surface area contributed by atoms with Gasteiger partial charge in [-0.3, -0.25) is 4.79 Å². The maximum absolute atomic E-state index is 11.7. The van der Waals surface area contributed by atoms with Crippen molar-refractivity contribution in [2.24, 2.45) is 5.92 Å². The van der Waals surface area contributed by atoms with Gasteiger partial charge in [-0.1, -0.05) is 64.0 Å². The number of unbranched alkanes of at least 4 members (excludes halogenated alkanes) is 2. The van der Waals surface area contributed by atoms with Gasteiger partial charge in [0.15, 0.2) is 0 Å². The van der Waals surface area contributed by atoms with Gasteiger partial charge in [0, 0.05) is 12.8 Å². The molecule has 1 heteroatoms. The van der Waals surface area contributed by atoms with Crippen molar-refractivity contribution >= 4 is 5.78 Å². The molecule has 1 saturated carbocycles. The van der Waals surface area contributed by atoms with Gasteiger partial charge in [0.05, 0.1) is 0 Å². The fourth-order valence-electron chi connectivity index (χ4n) is 2.91. The van der Waals surface area contributed by atoms with Gasteiger partial charge in [-0.05, 0) is 25.2 Å². The topological polar surface area (TPSA) is 17.1 Å². The lowest BCUT2D eigenvalue weighted by atomic mass is 9.84. The summed E-state index contributed by atoms with van der Waals surface area (Å²) in [6.07, 6.45) is 14.0. The Hall–Kier alpha value is -0.590. The molecule has 1 nitrogen and oxygen atoms in total. The molecule has 104 valence electrons. The first-order valence-electron chi connectivity index (χ1n) is 7.90. The molecule has 0 unspecified atom stereocenters. The fourth-order valence-corrected chi connectivity index (χ4v) is 2.91.